The van der Waals surface area contributed by atoms with E-state index in [1.165, 1.54) is 0 Å². The fourth-order valence-electron chi connectivity index (χ4n) is 2.13. The fraction of sp³-hybridized carbons (Fsp3) is 0.643. The average molecular weight is 278 g/mol. The molecule has 0 spiro atoms. The van der Waals surface area contributed by atoms with E-state index in [4.69, 9.17) is 4.74 Å². The summed E-state index contributed by atoms with van der Waals surface area (Å²) in [6.45, 7) is 8.04. The molecule has 0 aliphatic carbocycles. The van der Waals surface area contributed by atoms with Crippen LogP contribution in [-0.4, -0.2) is 52.8 Å². The van der Waals surface area contributed by atoms with Gasteiger partial charge in [-0.1, -0.05) is 6.92 Å². The highest BCUT2D eigenvalue weighted by molar-refractivity contribution is 5.92. The second-order valence-electron chi connectivity index (χ2n) is 5.18. The van der Waals surface area contributed by atoms with Crippen LogP contribution < -0.4 is 5.32 Å². The summed E-state index contributed by atoms with van der Waals surface area (Å²) in [4.78, 5) is 14.2. The van der Waals surface area contributed by atoms with Gasteiger partial charge < -0.3 is 15.0 Å². The molecule has 1 aromatic heterocycles. The number of anilines is 1. The Kier molecular flexibility index (Phi) is 4.89. The minimum absolute atomic E-state index is 0.0635. The summed E-state index contributed by atoms with van der Waals surface area (Å²) in [7, 11) is 0. The van der Waals surface area contributed by atoms with Gasteiger partial charge in [0.1, 0.15) is 5.82 Å². The van der Waals surface area contributed by atoms with E-state index in [2.05, 4.69) is 22.4 Å². The third kappa shape index (κ3) is 3.45. The largest absolute Gasteiger partial charge is 0.375 e. The quantitative estimate of drug-likeness (QED) is 0.905. The standard InChI is InChI=1S/C14H22N4O2/c1-4-7-15-13-6-5-12(16-17-13)14(19)18-8-11(3)20-9-10(18)2/h5-6,10-11H,4,7-9H2,1-3H3,(H,15,17). The van der Waals surface area contributed by atoms with E-state index in [0.717, 1.165) is 13.0 Å². The number of morpholine rings is 1. The molecular weight excluding hydrogens is 256 g/mol. The predicted octanol–water partition coefficient (Wildman–Crippen LogP) is 1.55. The molecule has 0 saturated carbocycles. The zero-order valence-electron chi connectivity index (χ0n) is 12.3. The molecule has 2 rings (SSSR count). The average Bonchev–Trinajstić information content (AvgIpc) is 2.47. The molecule has 2 unspecified atom stereocenters. The Hall–Kier alpha value is -1.69. The molecular formula is C14H22N4O2. The maximum atomic E-state index is 12.4. The molecule has 6 heteroatoms. The summed E-state index contributed by atoms with van der Waals surface area (Å²) < 4.78 is 5.53. The highest BCUT2D eigenvalue weighted by atomic mass is 16.5. The normalized spacial score (nSPS) is 22.6. The van der Waals surface area contributed by atoms with Gasteiger partial charge in [-0.2, -0.15) is 0 Å². The highest BCUT2D eigenvalue weighted by Crippen LogP contribution is 2.14. The molecule has 1 amide bonds. The van der Waals surface area contributed by atoms with Gasteiger partial charge in [0.15, 0.2) is 5.69 Å². The molecule has 20 heavy (non-hydrogen) atoms. The van der Waals surface area contributed by atoms with Crippen LogP contribution in [0.2, 0.25) is 0 Å². The van der Waals surface area contributed by atoms with E-state index in [1.54, 1.807) is 17.0 Å². The van der Waals surface area contributed by atoms with Crippen molar-refractivity contribution < 1.29 is 9.53 Å². The number of nitrogens with zero attached hydrogens (tertiary/aromatic N) is 3. The van der Waals surface area contributed by atoms with Crippen molar-refractivity contribution in [3.8, 4) is 0 Å². The number of aromatic nitrogens is 2. The number of rotatable bonds is 4. The lowest BCUT2D eigenvalue weighted by molar-refractivity contribution is -0.0389. The molecule has 0 radical (unpaired) electrons. The van der Waals surface area contributed by atoms with Gasteiger partial charge in [-0.3, -0.25) is 4.79 Å². The van der Waals surface area contributed by atoms with E-state index >= 15 is 0 Å². The molecule has 110 valence electrons. The van der Waals surface area contributed by atoms with Crippen LogP contribution in [0.4, 0.5) is 5.82 Å². The molecule has 0 aromatic carbocycles. The van der Waals surface area contributed by atoms with Crippen molar-refractivity contribution in [1.82, 2.24) is 15.1 Å². The van der Waals surface area contributed by atoms with Gasteiger partial charge in [0.25, 0.3) is 5.91 Å². The Bertz CT molecular complexity index is 449. The van der Waals surface area contributed by atoms with Crippen molar-refractivity contribution >= 4 is 11.7 Å². The third-order valence-corrected chi connectivity index (χ3v) is 3.31. The lowest BCUT2D eigenvalue weighted by atomic mass is 10.2. The number of nitrogens with one attached hydrogen (secondary N) is 1. The number of ether oxygens (including phenoxy) is 1. The Morgan fingerprint density at radius 2 is 2.25 bits per heavy atom. The highest BCUT2D eigenvalue weighted by Gasteiger charge is 2.29. The number of carbonyl (C=O) groups is 1. The summed E-state index contributed by atoms with van der Waals surface area (Å²) in [5.41, 5.74) is 0.382. The number of hydrogen-bond donors (Lipinski definition) is 1. The molecule has 2 heterocycles. The fourth-order valence-corrected chi connectivity index (χ4v) is 2.13. The molecule has 1 N–H and O–H groups in total. The zero-order chi connectivity index (χ0) is 14.5. The first kappa shape index (κ1) is 14.7. The van der Waals surface area contributed by atoms with Gasteiger partial charge in [0.2, 0.25) is 0 Å². The van der Waals surface area contributed by atoms with E-state index < -0.39 is 0 Å². The van der Waals surface area contributed by atoms with Crippen LogP contribution in [0.5, 0.6) is 0 Å². The molecule has 0 bridgehead atoms. The molecule has 6 nitrogen and oxygen atoms in total. The second-order valence-corrected chi connectivity index (χ2v) is 5.18. The minimum atomic E-state index is -0.0813. The Morgan fingerprint density at radius 3 is 2.90 bits per heavy atom. The molecule has 1 aliphatic heterocycles. The lowest BCUT2D eigenvalue weighted by Gasteiger charge is -2.36. The first-order chi connectivity index (χ1) is 9.61. The van der Waals surface area contributed by atoms with Gasteiger partial charge in [0, 0.05) is 13.1 Å². The Morgan fingerprint density at radius 1 is 1.45 bits per heavy atom. The summed E-state index contributed by atoms with van der Waals surface area (Å²) in [6, 6.07) is 3.59. The van der Waals surface area contributed by atoms with Crippen molar-refractivity contribution in [2.75, 3.05) is 25.0 Å². The van der Waals surface area contributed by atoms with Crippen LogP contribution in [0.25, 0.3) is 0 Å². The number of carbonyl (C=O) groups excluding carboxylic acids is 1. The maximum absolute atomic E-state index is 12.4. The Balaban J connectivity index is 2.04. The van der Waals surface area contributed by atoms with E-state index in [-0.39, 0.29) is 18.1 Å². The van der Waals surface area contributed by atoms with E-state index in [9.17, 15) is 4.79 Å². The van der Waals surface area contributed by atoms with Crippen LogP contribution in [0, 0.1) is 0 Å². The zero-order valence-corrected chi connectivity index (χ0v) is 12.3. The third-order valence-electron chi connectivity index (χ3n) is 3.31. The van der Waals surface area contributed by atoms with Gasteiger partial charge in [-0.15, -0.1) is 10.2 Å². The van der Waals surface area contributed by atoms with Crippen LogP contribution in [0.3, 0.4) is 0 Å². The minimum Gasteiger partial charge on any atom is -0.375 e. The van der Waals surface area contributed by atoms with Crippen molar-refractivity contribution in [2.24, 2.45) is 0 Å². The summed E-state index contributed by atoms with van der Waals surface area (Å²) in [6.07, 6.45) is 1.08. The second kappa shape index (κ2) is 6.65. The van der Waals surface area contributed by atoms with Crippen molar-refractivity contribution in [2.45, 2.75) is 39.3 Å². The van der Waals surface area contributed by atoms with Crippen molar-refractivity contribution in [1.29, 1.82) is 0 Å². The van der Waals surface area contributed by atoms with E-state index in [1.807, 2.05) is 13.8 Å². The number of amides is 1. The van der Waals surface area contributed by atoms with Gasteiger partial charge in [-0.05, 0) is 32.4 Å². The first-order valence-electron chi connectivity index (χ1n) is 7.12. The molecule has 1 saturated heterocycles. The molecule has 1 fully saturated rings. The predicted molar refractivity (Wildman–Crippen MR) is 76.7 cm³/mol. The van der Waals surface area contributed by atoms with E-state index in [0.29, 0.717) is 24.7 Å². The van der Waals surface area contributed by atoms with Gasteiger partial charge in [0.05, 0.1) is 18.8 Å². The summed E-state index contributed by atoms with van der Waals surface area (Å²) in [5.74, 6) is 0.619. The van der Waals surface area contributed by atoms with Gasteiger partial charge >= 0.3 is 0 Å². The van der Waals surface area contributed by atoms with Crippen molar-refractivity contribution in [3.63, 3.8) is 0 Å². The summed E-state index contributed by atoms with van der Waals surface area (Å²) >= 11 is 0. The molecule has 1 aliphatic rings. The van der Waals surface area contributed by atoms with Gasteiger partial charge in [-0.25, -0.2) is 0 Å². The monoisotopic (exact) mass is 278 g/mol. The summed E-state index contributed by atoms with van der Waals surface area (Å²) in [5, 5.41) is 11.2. The lowest BCUT2D eigenvalue weighted by Crippen LogP contribution is -2.50. The smallest absolute Gasteiger partial charge is 0.274 e. The Labute approximate surface area is 119 Å². The molecule has 1 aromatic rings. The SMILES string of the molecule is CCCNc1ccc(C(=O)N2CC(C)OCC2C)nn1. The number of hydrogen-bond acceptors (Lipinski definition) is 5. The van der Waals surface area contributed by atoms with Crippen LogP contribution >= 0.6 is 0 Å². The van der Waals surface area contributed by atoms with Crippen LogP contribution in [0.1, 0.15) is 37.7 Å². The topological polar surface area (TPSA) is 67.4 Å². The maximum Gasteiger partial charge on any atom is 0.274 e. The molecule has 2 atom stereocenters. The van der Waals surface area contributed by atoms with Crippen LogP contribution in [0.15, 0.2) is 12.1 Å². The van der Waals surface area contributed by atoms with Crippen LogP contribution in [-0.2, 0) is 4.74 Å². The first-order valence-corrected chi connectivity index (χ1v) is 7.12. The van der Waals surface area contributed by atoms with Crippen molar-refractivity contribution in [3.05, 3.63) is 17.8 Å².